The molecule has 1 N–H and O–H groups in total. The summed E-state index contributed by atoms with van der Waals surface area (Å²) in [4.78, 5) is 26.5. The number of hydrogen-bond acceptors (Lipinski definition) is 7. The van der Waals surface area contributed by atoms with Gasteiger partial charge in [0.05, 0.1) is 12.2 Å². The number of esters is 1. The van der Waals surface area contributed by atoms with E-state index in [0.29, 0.717) is 41.3 Å². The van der Waals surface area contributed by atoms with E-state index in [-0.39, 0.29) is 5.75 Å². The van der Waals surface area contributed by atoms with Crippen LogP contribution in [0.4, 0.5) is 0 Å². The molecule has 2 atom stereocenters. The molecule has 202 valence electrons. The van der Waals surface area contributed by atoms with Crippen LogP contribution in [-0.4, -0.2) is 38.7 Å². The summed E-state index contributed by atoms with van der Waals surface area (Å²) in [6.45, 7) is 6.29. The number of ether oxygens (including phenoxy) is 2. The molecule has 0 amide bonds. The third-order valence-electron chi connectivity index (χ3n) is 6.56. The molecule has 0 saturated carbocycles. The number of hydrogen-bond donors (Lipinski definition) is 1. The first kappa shape index (κ1) is 27.8. The number of benzene rings is 3. The maximum atomic E-state index is 12.5. The van der Waals surface area contributed by atoms with Gasteiger partial charge in [-0.25, -0.2) is 19.7 Å². The summed E-state index contributed by atoms with van der Waals surface area (Å²) < 4.78 is 11.3. The smallest absolute Gasteiger partial charge is 0.347 e. The van der Waals surface area contributed by atoms with Crippen molar-refractivity contribution in [1.29, 1.82) is 0 Å². The largest absolute Gasteiger partial charge is 0.507 e. The lowest BCUT2D eigenvalue weighted by Gasteiger charge is -2.18. The number of unbranched alkanes of at least 4 members (excludes halogenated alkanes) is 1. The predicted molar refractivity (Wildman–Crippen MR) is 152 cm³/mol. The molecule has 0 bridgehead atoms. The van der Waals surface area contributed by atoms with Crippen molar-refractivity contribution in [2.24, 2.45) is 5.92 Å². The Morgan fingerprint density at radius 1 is 0.846 bits per heavy atom. The monoisotopic (exact) mass is 525 g/mol. The van der Waals surface area contributed by atoms with Crippen LogP contribution in [0.2, 0.25) is 0 Å². The van der Waals surface area contributed by atoms with Crippen LogP contribution >= 0.6 is 0 Å². The number of carbonyl (C=O) groups excluding carboxylic acids is 1. The van der Waals surface area contributed by atoms with Gasteiger partial charge in [-0.05, 0) is 31.4 Å². The lowest BCUT2D eigenvalue weighted by atomic mass is 10.0. The van der Waals surface area contributed by atoms with E-state index in [1.807, 2.05) is 60.7 Å². The van der Waals surface area contributed by atoms with Crippen LogP contribution in [0.1, 0.15) is 46.5 Å². The number of aromatic hydroxyl groups is 1. The van der Waals surface area contributed by atoms with E-state index in [4.69, 9.17) is 9.47 Å². The van der Waals surface area contributed by atoms with Gasteiger partial charge in [-0.2, -0.15) is 0 Å². The molecule has 7 heteroatoms. The fourth-order valence-electron chi connectivity index (χ4n) is 4.17. The summed E-state index contributed by atoms with van der Waals surface area (Å²) >= 11 is 0. The zero-order chi connectivity index (χ0) is 27.6. The first-order valence-corrected chi connectivity index (χ1v) is 13.5. The van der Waals surface area contributed by atoms with Gasteiger partial charge in [0.25, 0.3) is 0 Å². The molecule has 1 heterocycles. The molecule has 4 aromatic rings. The van der Waals surface area contributed by atoms with Gasteiger partial charge in [-0.1, -0.05) is 93.8 Å². The molecule has 2 unspecified atom stereocenters. The summed E-state index contributed by atoms with van der Waals surface area (Å²) in [5.74, 6) is 1.54. The fraction of sp³-hybridized carbons (Fsp3) is 0.312. The molecule has 0 radical (unpaired) electrons. The molecule has 0 spiro atoms. The highest BCUT2D eigenvalue weighted by molar-refractivity contribution is 5.75. The zero-order valence-electron chi connectivity index (χ0n) is 22.7. The molecule has 0 aliphatic carbocycles. The molecule has 0 aliphatic heterocycles. The van der Waals surface area contributed by atoms with E-state index in [0.717, 1.165) is 36.8 Å². The topological polar surface area (TPSA) is 94.4 Å². The molecule has 39 heavy (non-hydrogen) atoms. The fourth-order valence-corrected chi connectivity index (χ4v) is 4.17. The predicted octanol–water partition coefficient (Wildman–Crippen LogP) is 7.11. The van der Waals surface area contributed by atoms with Crippen molar-refractivity contribution >= 4 is 5.97 Å². The van der Waals surface area contributed by atoms with Crippen LogP contribution in [0.25, 0.3) is 34.2 Å². The normalized spacial score (nSPS) is 12.5. The lowest BCUT2D eigenvalue weighted by molar-refractivity contribution is -0.152. The number of phenols is 1. The first-order valence-electron chi connectivity index (χ1n) is 13.5. The number of phenolic OH excluding ortho intramolecular Hbond substituents is 1. The average Bonchev–Trinajstić information content (AvgIpc) is 2.98. The van der Waals surface area contributed by atoms with Gasteiger partial charge in [-0.3, -0.25) is 0 Å². The van der Waals surface area contributed by atoms with Crippen LogP contribution in [0, 0.1) is 5.92 Å². The summed E-state index contributed by atoms with van der Waals surface area (Å²) in [5.41, 5.74) is 2.10. The van der Waals surface area contributed by atoms with E-state index in [1.54, 1.807) is 19.1 Å². The van der Waals surface area contributed by atoms with Crippen LogP contribution in [-0.2, 0) is 9.53 Å². The summed E-state index contributed by atoms with van der Waals surface area (Å²) in [5, 5.41) is 10.9. The Labute approximate surface area is 229 Å². The number of nitrogens with zero attached hydrogens (tertiary/aromatic N) is 3. The minimum absolute atomic E-state index is 0.0668. The van der Waals surface area contributed by atoms with Gasteiger partial charge in [0.15, 0.2) is 23.6 Å². The average molecular weight is 526 g/mol. The van der Waals surface area contributed by atoms with Gasteiger partial charge in [0.1, 0.15) is 11.5 Å². The lowest BCUT2D eigenvalue weighted by Crippen LogP contribution is -2.28. The Kier molecular flexibility index (Phi) is 9.62. The quantitative estimate of drug-likeness (QED) is 0.197. The summed E-state index contributed by atoms with van der Waals surface area (Å²) in [6, 6.07) is 24.1. The maximum Gasteiger partial charge on any atom is 0.347 e. The molecule has 0 aliphatic rings. The Bertz CT molecular complexity index is 1300. The maximum absolute atomic E-state index is 12.5. The Morgan fingerprint density at radius 3 is 1.97 bits per heavy atom. The minimum atomic E-state index is -0.814. The SMILES string of the molecule is CCCCC(CC)COC(=O)C(C)Oc1ccc(-c2nc(-c3ccccc3)nc(-c3ccccc3)n2)c(O)c1. The van der Waals surface area contributed by atoms with E-state index in [2.05, 4.69) is 28.8 Å². The highest BCUT2D eigenvalue weighted by Gasteiger charge is 2.20. The van der Waals surface area contributed by atoms with Gasteiger partial charge in [0, 0.05) is 17.2 Å². The van der Waals surface area contributed by atoms with Crippen molar-refractivity contribution in [2.75, 3.05) is 6.61 Å². The van der Waals surface area contributed by atoms with Gasteiger partial charge in [-0.15, -0.1) is 0 Å². The van der Waals surface area contributed by atoms with Crippen LogP contribution in [0.15, 0.2) is 78.9 Å². The second-order valence-corrected chi connectivity index (χ2v) is 9.52. The number of rotatable bonds is 12. The molecule has 7 nitrogen and oxygen atoms in total. The number of aromatic nitrogens is 3. The molecular formula is C32H35N3O4. The van der Waals surface area contributed by atoms with Gasteiger partial charge < -0.3 is 14.6 Å². The molecule has 0 fully saturated rings. The summed E-state index contributed by atoms with van der Waals surface area (Å²) in [7, 11) is 0. The Balaban J connectivity index is 1.54. The second kappa shape index (κ2) is 13.5. The Morgan fingerprint density at radius 2 is 1.44 bits per heavy atom. The highest BCUT2D eigenvalue weighted by Crippen LogP contribution is 2.33. The van der Waals surface area contributed by atoms with Gasteiger partial charge >= 0.3 is 5.97 Å². The van der Waals surface area contributed by atoms with E-state index < -0.39 is 12.1 Å². The number of carbonyl (C=O) groups is 1. The van der Waals surface area contributed by atoms with Crippen molar-refractivity contribution in [3.05, 3.63) is 78.9 Å². The van der Waals surface area contributed by atoms with E-state index in [1.165, 1.54) is 6.07 Å². The third-order valence-corrected chi connectivity index (χ3v) is 6.56. The van der Waals surface area contributed by atoms with Crippen molar-refractivity contribution < 1.29 is 19.4 Å². The molecule has 4 rings (SSSR count). The summed E-state index contributed by atoms with van der Waals surface area (Å²) in [6.07, 6.45) is 3.43. The van der Waals surface area contributed by atoms with E-state index >= 15 is 0 Å². The Hall–Kier alpha value is -4.26. The molecular weight excluding hydrogens is 490 g/mol. The molecule has 3 aromatic carbocycles. The van der Waals surface area contributed by atoms with Crippen LogP contribution < -0.4 is 4.74 Å². The van der Waals surface area contributed by atoms with Crippen molar-refractivity contribution in [1.82, 2.24) is 15.0 Å². The van der Waals surface area contributed by atoms with Crippen LogP contribution in [0.5, 0.6) is 11.5 Å². The first-order chi connectivity index (χ1) is 19.0. The third kappa shape index (κ3) is 7.41. The molecule has 0 saturated heterocycles. The molecule has 1 aromatic heterocycles. The van der Waals surface area contributed by atoms with Crippen LogP contribution in [0.3, 0.4) is 0 Å². The van der Waals surface area contributed by atoms with Crippen molar-refractivity contribution in [3.63, 3.8) is 0 Å². The second-order valence-electron chi connectivity index (χ2n) is 9.52. The standard InChI is InChI=1S/C32H35N3O4/c1-4-6-13-23(5-2)21-38-32(37)22(3)39-26-18-19-27(28(36)20-26)31-34-29(24-14-9-7-10-15-24)33-30(35-31)25-16-11-8-12-17-25/h7-12,14-20,22-23,36H,4-6,13,21H2,1-3H3. The minimum Gasteiger partial charge on any atom is -0.507 e. The van der Waals surface area contributed by atoms with Crippen molar-refractivity contribution in [3.8, 4) is 45.7 Å². The van der Waals surface area contributed by atoms with E-state index in [9.17, 15) is 9.90 Å². The van der Waals surface area contributed by atoms with Crippen molar-refractivity contribution in [2.45, 2.75) is 52.6 Å². The van der Waals surface area contributed by atoms with Gasteiger partial charge in [0.2, 0.25) is 0 Å². The zero-order valence-corrected chi connectivity index (χ0v) is 22.7. The highest BCUT2D eigenvalue weighted by atomic mass is 16.6.